The molecule has 2 heterocycles. The SMILES string of the molecule is Cc1cc(C)cc(C(=O)N(C)[C@@H](Cc2ccc(-n3ccnc3)cc2)C(=O)N[C@@H](Cc2c[nH]c3ccccc23)C(=O)O)c1. The highest BCUT2D eigenvalue weighted by Crippen LogP contribution is 2.20. The van der Waals surface area contributed by atoms with E-state index in [1.807, 2.05) is 79.2 Å². The molecule has 214 valence electrons. The first kappa shape index (κ1) is 28.4. The fourth-order valence-corrected chi connectivity index (χ4v) is 5.28. The van der Waals surface area contributed by atoms with E-state index < -0.39 is 24.0 Å². The molecule has 42 heavy (non-hydrogen) atoms. The highest BCUT2D eigenvalue weighted by molar-refractivity contribution is 5.98. The van der Waals surface area contributed by atoms with Crippen molar-refractivity contribution < 1.29 is 19.5 Å². The number of amides is 2. The third-order valence-corrected chi connectivity index (χ3v) is 7.44. The maximum Gasteiger partial charge on any atom is 0.326 e. The van der Waals surface area contributed by atoms with Gasteiger partial charge in [0.2, 0.25) is 5.91 Å². The van der Waals surface area contributed by atoms with Crippen LogP contribution in [-0.2, 0) is 22.4 Å². The van der Waals surface area contributed by atoms with E-state index in [2.05, 4.69) is 15.3 Å². The summed E-state index contributed by atoms with van der Waals surface area (Å²) in [4.78, 5) is 48.4. The molecule has 2 amide bonds. The van der Waals surface area contributed by atoms with Gasteiger partial charge < -0.3 is 24.9 Å². The van der Waals surface area contributed by atoms with Gasteiger partial charge in [-0.15, -0.1) is 0 Å². The van der Waals surface area contributed by atoms with Crippen LogP contribution in [0, 0.1) is 13.8 Å². The maximum absolute atomic E-state index is 13.8. The van der Waals surface area contributed by atoms with Gasteiger partial charge in [-0.3, -0.25) is 9.59 Å². The zero-order chi connectivity index (χ0) is 29.8. The van der Waals surface area contributed by atoms with Gasteiger partial charge in [-0.1, -0.05) is 47.5 Å². The third-order valence-electron chi connectivity index (χ3n) is 7.44. The van der Waals surface area contributed by atoms with Crippen LogP contribution in [0.4, 0.5) is 0 Å². The molecular weight excluding hydrogens is 530 g/mol. The summed E-state index contributed by atoms with van der Waals surface area (Å²) in [6, 6.07) is 18.6. The van der Waals surface area contributed by atoms with E-state index in [0.29, 0.717) is 5.56 Å². The standard InChI is InChI=1S/C33H33N5O4/c1-21-14-22(2)16-24(15-21)32(40)37(3)30(17-23-8-10-26(11-9-23)38-13-12-34-20-38)31(39)36-29(33(41)42)18-25-19-35-28-7-5-4-6-27(25)28/h4-16,19-20,29-30,35H,17-18H2,1-3H3,(H,36,39)(H,41,42)/t29-,30-/m0/s1. The predicted molar refractivity (Wildman–Crippen MR) is 161 cm³/mol. The number of aliphatic carboxylic acids is 1. The summed E-state index contributed by atoms with van der Waals surface area (Å²) in [5.74, 6) is -2.01. The summed E-state index contributed by atoms with van der Waals surface area (Å²) in [6.07, 6.45) is 7.27. The Hall–Kier alpha value is -5.18. The molecule has 0 aliphatic heterocycles. The molecule has 5 rings (SSSR count). The van der Waals surface area contributed by atoms with E-state index in [0.717, 1.165) is 38.8 Å². The molecule has 0 bridgehead atoms. The number of nitrogens with one attached hydrogen (secondary N) is 2. The van der Waals surface area contributed by atoms with Crippen LogP contribution >= 0.6 is 0 Å². The molecule has 3 N–H and O–H groups in total. The van der Waals surface area contributed by atoms with Gasteiger partial charge >= 0.3 is 5.97 Å². The zero-order valence-corrected chi connectivity index (χ0v) is 23.7. The molecule has 3 aromatic carbocycles. The smallest absolute Gasteiger partial charge is 0.326 e. The third kappa shape index (κ3) is 6.25. The normalized spacial score (nSPS) is 12.5. The second kappa shape index (κ2) is 12.1. The lowest BCUT2D eigenvalue weighted by molar-refractivity contribution is -0.142. The van der Waals surface area contributed by atoms with Crippen LogP contribution < -0.4 is 5.32 Å². The number of rotatable bonds is 10. The summed E-state index contributed by atoms with van der Waals surface area (Å²) in [6.45, 7) is 3.83. The van der Waals surface area contributed by atoms with Crippen LogP contribution in [0.25, 0.3) is 16.6 Å². The molecule has 0 radical (unpaired) electrons. The number of carboxylic acid groups (broad SMARTS) is 1. The van der Waals surface area contributed by atoms with Crippen LogP contribution in [0.5, 0.6) is 0 Å². The monoisotopic (exact) mass is 563 g/mol. The van der Waals surface area contributed by atoms with Crippen molar-refractivity contribution in [1.29, 1.82) is 0 Å². The zero-order valence-electron chi connectivity index (χ0n) is 23.7. The van der Waals surface area contributed by atoms with Crippen LogP contribution in [0.1, 0.15) is 32.6 Å². The molecular formula is C33H33N5O4. The van der Waals surface area contributed by atoms with E-state index in [4.69, 9.17) is 0 Å². The van der Waals surface area contributed by atoms with Gasteiger partial charge in [0.05, 0.1) is 6.33 Å². The van der Waals surface area contributed by atoms with E-state index in [1.54, 1.807) is 37.9 Å². The second-order valence-electron chi connectivity index (χ2n) is 10.6. The van der Waals surface area contributed by atoms with Gasteiger partial charge in [-0.2, -0.15) is 0 Å². The van der Waals surface area contributed by atoms with Gasteiger partial charge in [-0.05, 0) is 55.3 Å². The Bertz CT molecular complexity index is 1700. The second-order valence-corrected chi connectivity index (χ2v) is 10.6. The highest BCUT2D eigenvalue weighted by Gasteiger charge is 2.32. The maximum atomic E-state index is 13.8. The van der Waals surface area contributed by atoms with Crippen molar-refractivity contribution in [3.63, 3.8) is 0 Å². The van der Waals surface area contributed by atoms with Crippen molar-refractivity contribution in [2.75, 3.05) is 7.05 Å². The lowest BCUT2D eigenvalue weighted by atomic mass is 10.00. The van der Waals surface area contributed by atoms with Gasteiger partial charge in [0.1, 0.15) is 12.1 Å². The number of aryl methyl sites for hydroxylation is 2. The number of hydrogen-bond acceptors (Lipinski definition) is 4. The fraction of sp³-hybridized carbons (Fsp3) is 0.212. The molecule has 5 aromatic rings. The number of H-pyrrole nitrogens is 1. The topological polar surface area (TPSA) is 120 Å². The number of aromatic nitrogens is 3. The first-order valence-corrected chi connectivity index (χ1v) is 13.7. The minimum Gasteiger partial charge on any atom is -0.480 e. The summed E-state index contributed by atoms with van der Waals surface area (Å²) in [5, 5.41) is 13.7. The molecule has 0 saturated carbocycles. The number of likely N-dealkylation sites (N-methyl/N-ethyl adjacent to an activating group) is 1. The number of hydrogen-bond donors (Lipinski definition) is 3. The number of carboxylic acids is 1. The quantitative estimate of drug-likeness (QED) is 0.232. The summed E-state index contributed by atoms with van der Waals surface area (Å²) in [5.41, 5.74) is 5.74. The number of nitrogens with zero attached hydrogens (tertiary/aromatic N) is 3. The summed E-state index contributed by atoms with van der Waals surface area (Å²) in [7, 11) is 1.58. The summed E-state index contributed by atoms with van der Waals surface area (Å²) < 4.78 is 1.87. The molecule has 0 fully saturated rings. The van der Waals surface area contributed by atoms with Crippen LogP contribution in [0.3, 0.4) is 0 Å². The van der Waals surface area contributed by atoms with E-state index in [1.165, 1.54) is 4.90 Å². The Kier molecular flexibility index (Phi) is 8.19. The lowest BCUT2D eigenvalue weighted by Crippen LogP contribution is -2.53. The van der Waals surface area contributed by atoms with Gasteiger partial charge in [-0.25, -0.2) is 9.78 Å². The fourth-order valence-electron chi connectivity index (χ4n) is 5.28. The molecule has 9 heteroatoms. The minimum atomic E-state index is -1.19. The summed E-state index contributed by atoms with van der Waals surface area (Å²) >= 11 is 0. The molecule has 0 unspecified atom stereocenters. The Morgan fingerprint density at radius 3 is 2.38 bits per heavy atom. The van der Waals surface area contributed by atoms with Crippen molar-refractivity contribution >= 4 is 28.7 Å². The molecule has 2 atom stereocenters. The number of benzene rings is 3. The Morgan fingerprint density at radius 2 is 1.71 bits per heavy atom. The number of aromatic amines is 1. The van der Waals surface area contributed by atoms with Crippen molar-refractivity contribution in [3.05, 3.63) is 119 Å². The molecule has 9 nitrogen and oxygen atoms in total. The molecule has 0 aliphatic rings. The highest BCUT2D eigenvalue weighted by atomic mass is 16.4. The first-order valence-electron chi connectivity index (χ1n) is 13.7. The minimum absolute atomic E-state index is 0.0894. The van der Waals surface area contributed by atoms with E-state index >= 15 is 0 Å². The average Bonchev–Trinajstić information content (AvgIpc) is 3.65. The van der Waals surface area contributed by atoms with E-state index in [-0.39, 0.29) is 18.7 Å². The predicted octanol–water partition coefficient (Wildman–Crippen LogP) is 4.47. The van der Waals surface area contributed by atoms with E-state index in [9.17, 15) is 19.5 Å². The van der Waals surface area contributed by atoms with Crippen LogP contribution in [0.2, 0.25) is 0 Å². The van der Waals surface area contributed by atoms with Gasteiger partial charge in [0.15, 0.2) is 0 Å². The number of fused-ring (bicyclic) bond motifs is 1. The molecule has 0 saturated heterocycles. The number of carbonyl (C=O) groups is 3. The lowest BCUT2D eigenvalue weighted by Gasteiger charge is -2.29. The van der Waals surface area contributed by atoms with Crippen molar-refractivity contribution in [3.8, 4) is 5.69 Å². The average molecular weight is 564 g/mol. The Morgan fingerprint density at radius 1 is 1.00 bits per heavy atom. The van der Waals surface area contributed by atoms with Crippen molar-refractivity contribution in [2.24, 2.45) is 0 Å². The van der Waals surface area contributed by atoms with Crippen molar-refractivity contribution in [1.82, 2.24) is 24.8 Å². The molecule has 0 spiro atoms. The van der Waals surface area contributed by atoms with Gasteiger partial charge in [0, 0.05) is 60.6 Å². The number of imidazole rings is 1. The largest absolute Gasteiger partial charge is 0.480 e. The number of carbonyl (C=O) groups excluding carboxylic acids is 2. The van der Waals surface area contributed by atoms with Crippen LogP contribution in [-0.4, -0.2) is 61.5 Å². The number of para-hydroxylation sites is 1. The first-order chi connectivity index (χ1) is 20.2. The Labute approximate surface area is 243 Å². The Balaban J connectivity index is 1.42. The van der Waals surface area contributed by atoms with Crippen molar-refractivity contribution in [2.45, 2.75) is 38.8 Å². The van der Waals surface area contributed by atoms with Gasteiger partial charge in [0.25, 0.3) is 5.91 Å². The molecule has 0 aliphatic carbocycles. The van der Waals surface area contributed by atoms with Crippen LogP contribution in [0.15, 0.2) is 91.6 Å². The molecule has 2 aromatic heterocycles.